The number of piperidine rings is 1. The van der Waals surface area contributed by atoms with E-state index in [1.165, 1.54) is 12.4 Å². The summed E-state index contributed by atoms with van der Waals surface area (Å²) in [5.74, 6) is 0.0359. The van der Waals surface area contributed by atoms with Gasteiger partial charge in [-0.2, -0.15) is 5.10 Å². The van der Waals surface area contributed by atoms with E-state index < -0.39 is 0 Å². The van der Waals surface area contributed by atoms with Gasteiger partial charge in [-0.1, -0.05) is 6.58 Å². The van der Waals surface area contributed by atoms with E-state index >= 15 is 0 Å². The molecule has 130 valence electrons. The minimum absolute atomic E-state index is 0.0485. The average molecular weight is 333 g/mol. The Balaban J connectivity index is 1.69. The lowest BCUT2D eigenvalue weighted by molar-refractivity contribution is -0.117. The van der Waals surface area contributed by atoms with Gasteiger partial charge in [0.25, 0.3) is 5.91 Å². The molecule has 0 radical (unpaired) electrons. The van der Waals surface area contributed by atoms with Crippen molar-refractivity contribution in [3.8, 4) is 0 Å². The summed E-state index contributed by atoms with van der Waals surface area (Å²) in [5, 5.41) is 7.12. The van der Waals surface area contributed by atoms with E-state index in [0.29, 0.717) is 32.1 Å². The van der Waals surface area contributed by atoms with Crippen molar-refractivity contribution in [3.63, 3.8) is 0 Å². The van der Waals surface area contributed by atoms with Crippen molar-refractivity contribution >= 4 is 11.8 Å². The van der Waals surface area contributed by atoms with Crippen LogP contribution in [0, 0.1) is 0 Å². The number of carbonyl (C=O) groups is 2. The van der Waals surface area contributed by atoms with Crippen LogP contribution in [0.4, 0.5) is 0 Å². The Labute approximate surface area is 140 Å². The third-order valence-electron chi connectivity index (χ3n) is 4.54. The second-order valence-corrected chi connectivity index (χ2v) is 6.17. The summed E-state index contributed by atoms with van der Waals surface area (Å²) >= 11 is 0. The second-order valence-electron chi connectivity index (χ2n) is 6.17. The smallest absolute Gasteiger partial charge is 0.291 e. The molecule has 0 aliphatic carbocycles. The van der Waals surface area contributed by atoms with Gasteiger partial charge in [0.2, 0.25) is 11.7 Å². The van der Waals surface area contributed by atoms with Crippen molar-refractivity contribution in [3.05, 3.63) is 24.8 Å². The molecular weight excluding hydrogens is 310 g/mol. The summed E-state index contributed by atoms with van der Waals surface area (Å²) in [6.45, 7) is 5.97. The van der Waals surface area contributed by atoms with Gasteiger partial charge in [-0.15, -0.1) is 0 Å². The highest BCUT2D eigenvalue weighted by molar-refractivity contribution is 5.91. The number of nitrogens with one attached hydrogen (secondary N) is 1. The predicted octanol–water partition coefficient (Wildman–Crippen LogP) is 0.536. The highest BCUT2D eigenvalue weighted by Gasteiger charge is 2.30. The van der Waals surface area contributed by atoms with Gasteiger partial charge in [-0.3, -0.25) is 9.59 Å². The van der Waals surface area contributed by atoms with Gasteiger partial charge in [0.1, 0.15) is 6.33 Å². The van der Waals surface area contributed by atoms with E-state index in [2.05, 4.69) is 22.0 Å². The van der Waals surface area contributed by atoms with Crippen molar-refractivity contribution < 1.29 is 14.3 Å². The maximum absolute atomic E-state index is 12.9. The van der Waals surface area contributed by atoms with Crippen LogP contribution >= 0.6 is 0 Å². The Morgan fingerprint density at radius 3 is 2.88 bits per heavy atom. The van der Waals surface area contributed by atoms with Gasteiger partial charge in [0.15, 0.2) is 0 Å². The third-order valence-corrected chi connectivity index (χ3v) is 4.54. The van der Waals surface area contributed by atoms with Crippen LogP contribution in [0.1, 0.15) is 42.3 Å². The number of likely N-dealkylation sites (tertiary alicyclic amines) is 1. The fraction of sp³-hybridized carbons (Fsp3) is 0.625. The van der Waals surface area contributed by atoms with Crippen LogP contribution in [0.3, 0.4) is 0 Å². The molecule has 3 rings (SSSR count). The van der Waals surface area contributed by atoms with Crippen molar-refractivity contribution in [2.75, 3.05) is 26.3 Å². The molecule has 3 heterocycles. The van der Waals surface area contributed by atoms with Gasteiger partial charge in [0, 0.05) is 32.3 Å². The molecule has 0 aromatic carbocycles. The Hall–Kier alpha value is -2.22. The molecule has 1 aromatic rings. The lowest BCUT2D eigenvalue weighted by atomic mass is 10.1. The molecule has 2 saturated heterocycles. The van der Waals surface area contributed by atoms with Crippen LogP contribution in [0.5, 0.6) is 0 Å². The highest BCUT2D eigenvalue weighted by Crippen LogP contribution is 2.22. The number of carbonyl (C=O) groups excluding carboxylic acids is 2. The molecule has 0 saturated carbocycles. The summed E-state index contributed by atoms with van der Waals surface area (Å²) in [6.07, 6.45) is 6.06. The van der Waals surface area contributed by atoms with Gasteiger partial charge in [-0.05, 0) is 31.8 Å². The molecule has 8 heteroatoms. The number of amides is 2. The number of nitrogens with zero attached hydrogens (tertiary/aromatic N) is 4. The van der Waals surface area contributed by atoms with Crippen molar-refractivity contribution in [1.82, 2.24) is 25.0 Å². The fourth-order valence-electron chi connectivity index (χ4n) is 3.28. The molecule has 0 spiro atoms. The molecule has 0 bridgehead atoms. The standard InChI is InChI=1S/C16H23N5O3/c1-2-14(22)19-12-4-3-7-20(10-12)16(23)15-17-11-18-21(15)13-5-8-24-9-6-13/h2,11-13H,1,3-10H2,(H,19,22)/t12-/m1/s1. The molecule has 8 nitrogen and oxygen atoms in total. The summed E-state index contributed by atoms with van der Waals surface area (Å²) in [6, 6.07) is 0.105. The zero-order chi connectivity index (χ0) is 16.9. The number of hydrogen-bond acceptors (Lipinski definition) is 5. The lowest BCUT2D eigenvalue weighted by Crippen LogP contribution is -2.49. The normalized spacial score (nSPS) is 22.2. The fourth-order valence-corrected chi connectivity index (χ4v) is 3.28. The molecule has 24 heavy (non-hydrogen) atoms. The number of ether oxygens (including phenoxy) is 1. The zero-order valence-electron chi connectivity index (χ0n) is 13.7. The summed E-state index contributed by atoms with van der Waals surface area (Å²) in [5.41, 5.74) is 0. The first kappa shape index (κ1) is 16.6. The monoisotopic (exact) mass is 333 g/mol. The average Bonchev–Trinajstić information content (AvgIpc) is 3.11. The van der Waals surface area contributed by atoms with Crippen LogP contribution in [0.15, 0.2) is 19.0 Å². The van der Waals surface area contributed by atoms with E-state index in [1.54, 1.807) is 9.58 Å². The van der Waals surface area contributed by atoms with Gasteiger partial charge in [0.05, 0.1) is 6.04 Å². The van der Waals surface area contributed by atoms with Crippen LogP contribution in [-0.2, 0) is 9.53 Å². The number of rotatable bonds is 4. The van der Waals surface area contributed by atoms with E-state index in [4.69, 9.17) is 4.74 Å². The molecular formula is C16H23N5O3. The summed E-state index contributed by atoms with van der Waals surface area (Å²) in [4.78, 5) is 30.3. The first-order chi connectivity index (χ1) is 11.7. The lowest BCUT2D eigenvalue weighted by Gasteiger charge is -2.33. The molecule has 2 amide bonds. The zero-order valence-corrected chi connectivity index (χ0v) is 13.7. The maximum atomic E-state index is 12.9. The number of hydrogen-bond donors (Lipinski definition) is 1. The first-order valence-electron chi connectivity index (χ1n) is 8.38. The van der Waals surface area contributed by atoms with Crippen molar-refractivity contribution in [2.45, 2.75) is 37.8 Å². The van der Waals surface area contributed by atoms with E-state index in [0.717, 1.165) is 25.7 Å². The topological polar surface area (TPSA) is 89.4 Å². The Bertz CT molecular complexity index is 609. The minimum Gasteiger partial charge on any atom is -0.381 e. The van der Waals surface area contributed by atoms with Crippen molar-refractivity contribution in [1.29, 1.82) is 0 Å². The van der Waals surface area contributed by atoms with Gasteiger partial charge < -0.3 is 15.0 Å². The second kappa shape index (κ2) is 7.57. The van der Waals surface area contributed by atoms with Crippen LogP contribution in [-0.4, -0.2) is 63.8 Å². The van der Waals surface area contributed by atoms with E-state index in [1.807, 2.05) is 0 Å². The summed E-state index contributed by atoms with van der Waals surface area (Å²) < 4.78 is 7.10. The van der Waals surface area contributed by atoms with Gasteiger partial charge in [-0.25, -0.2) is 9.67 Å². The van der Waals surface area contributed by atoms with Crippen molar-refractivity contribution in [2.24, 2.45) is 0 Å². The molecule has 2 aliphatic heterocycles. The number of aromatic nitrogens is 3. The largest absolute Gasteiger partial charge is 0.381 e. The maximum Gasteiger partial charge on any atom is 0.291 e. The SMILES string of the molecule is C=CC(=O)N[C@@H]1CCCN(C(=O)c2ncnn2C2CCOCC2)C1. The molecule has 1 aromatic heterocycles. The third kappa shape index (κ3) is 3.64. The van der Waals surface area contributed by atoms with Crippen LogP contribution in [0.25, 0.3) is 0 Å². The molecule has 2 fully saturated rings. The van der Waals surface area contributed by atoms with E-state index in [-0.39, 0.29) is 23.9 Å². The van der Waals surface area contributed by atoms with Crippen LogP contribution in [0.2, 0.25) is 0 Å². The minimum atomic E-state index is -0.209. The van der Waals surface area contributed by atoms with E-state index in [9.17, 15) is 9.59 Å². The molecule has 2 aliphatic rings. The molecule has 0 unspecified atom stereocenters. The first-order valence-corrected chi connectivity index (χ1v) is 8.38. The Morgan fingerprint density at radius 2 is 2.12 bits per heavy atom. The quantitative estimate of drug-likeness (QED) is 0.812. The molecule has 1 atom stereocenters. The predicted molar refractivity (Wildman–Crippen MR) is 86.4 cm³/mol. The Morgan fingerprint density at radius 1 is 1.33 bits per heavy atom. The highest BCUT2D eigenvalue weighted by atomic mass is 16.5. The summed E-state index contributed by atoms with van der Waals surface area (Å²) in [7, 11) is 0. The Kier molecular flexibility index (Phi) is 5.24. The van der Waals surface area contributed by atoms with Crippen LogP contribution < -0.4 is 5.32 Å². The molecule has 1 N–H and O–H groups in total. The van der Waals surface area contributed by atoms with Gasteiger partial charge >= 0.3 is 0 Å².